The van der Waals surface area contributed by atoms with Crippen LogP contribution in [0.3, 0.4) is 0 Å². The number of allylic oxidation sites excluding steroid dienone is 8. The fourth-order valence-corrected chi connectivity index (χ4v) is 9.49. The van der Waals surface area contributed by atoms with Crippen LogP contribution in [0.5, 0.6) is 0 Å². The molecular weight excluding hydrogens is 973 g/mol. The molecule has 1 aliphatic heterocycles. The van der Waals surface area contributed by atoms with Crippen molar-refractivity contribution in [1.82, 2.24) is 0 Å². The molecule has 0 aromatic rings. The number of carboxylic acid groups (broad SMARTS) is 1. The molecule has 3 N–H and O–H groups in total. The quantitative estimate of drug-likeness (QED) is 0.0228. The first-order chi connectivity index (χ1) is 37.6. The number of carboxylic acids is 1. The number of rotatable bonds is 54. The number of aliphatic carboxylic acids is 1. The van der Waals surface area contributed by atoms with E-state index in [0.717, 1.165) is 122 Å². The zero-order valence-electron chi connectivity index (χ0n) is 49.2. The summed E-state index contributed by atoms with van der Waals surface area (Å²) < 4.78 is 28.5. The number of ether oxygens (including phenoxy) is 5. The van der Waals surface area contributed by atoms with Crippen LogP contribution in [0.25, 0.3) is 0 Å². The Hall–Kier alpha value is -3.32. The lowest BCUT2D eigenvalue weighted by Gasteiger charge is -2.40. The van der Waals surface area contributed by atoms with Gasteiger partial charge in [0.15, 0.2) is 24.6 Å². The van der Waals surface area contributed by atoms with Gasteiger partial charge in [0.2, 0.25) is 0 Å². The number of unbranched alkanes of at least 4 members (excludes halogenated alkanes) is 32. The molecule has 12 nitrogen and oxygen atoms in total. The van der Waals surface area contributed by atoms with Crippen molar-refractivity contribution in [3.05, 3.63) is 48.6 Å². The molecule has 0 saturated carbocycles. The molecule has 0 radical (unpaired) electrons. The Labute approximate surface area is 469 Å². The molecule has 0 bridgehead atoms. The van der Waals surface area contributed by atoms with Crippen LogP contribution in [-0.4, -0.2) is 89.2 Å². The molecule has 446 valence electrons. The number of carbonyl (C=O) groups is 4. The van der Waals surface area contributed by atoms with Crippen LogP contribution >= 0.6 is 0 Å². The maximum Gasteiger partial charge on any atom is 0.335 e. The highest BCUT2D eigenvalue weighted by Gasteiger charge is 2.50. The van der Waals surface area contributed by atoms with Gasteiger partial charge in [0.1, 0.15) is 18.8 Å². The second kappa shape index (κ2) is 53.3. The first-order valence-corrected chi connectivity index (χ1v) is 31.6. The first kappa shape index (κ1) is 71.7. The lowest BCUT2D eigenvalue weighted by Crippen LogP contribution is -2.61. The van der Waals surface area contributed by atoms with Gasteiger partial charge >= 0.3 is 23.9 Å². The molecule has 0 amide bonds. The molecule has 12 heteroatoms. The van der Waals surface area contributed by atoms with Crippen LogP contribution in [0, 0.1) is 0 Å². The Morgan fingerprint density at radius 2 is 0.779 bits per heavy atom. The van der Waals surface area contributed by atoms with Crippen molar-refractivity contribution in [1.29, 1.82) is 0 Å². The number of hydrogen-bond donors (Lipinski definition) is 3. The average molecular weight is 1090 g/mol. The third-order valence-corrected chi connectivity index (χ3v) is 14.4. The van der Waals surface area contributed by atoms with E-state index in [4.69, 9.17) is 23.7 Å². The first-order valence-electron chi connectivity index (χ1n) is 31.6. The van der Waals surface area contributed by atoms with Gasteiger partial charge < -0.3 is 39.0 Å². The van der Waals surface area contributed by atoms with E-state index in [0.29, 0.717) is 19.3 Å². The fraction of sp³-hybridized carbons (Fsp3) is 0.815. The van der Waals surface area contributed by atoms with E-state index in [-0.39, 0.29) is 25.9 Å². The smallest absolute Gasteiger partial charge is 0.335 e. The minimum atomic E-state index is -1.91. The molecule has 1 rings (SSSR count). The van der Waals surface area contributed by atoms with E-state index in [2.05, 4.69) is 69.4 Å². The van der Waals surface area contributed by atoms with E-state index in [1.54, 1.807) is 0 Å². The Kier molecular flexibility index (Phi) is 49.7. The van der Waals surface area contributed by atoms with Crippen LogP contribution in [0.2, 0.25) is 0 Å². The summed E-state index contributed by atoms with van der Waals surface area (Å²) in [6.07, 6.45) is 52.1. The molecule has 1 saturated heterocycles. The van der Waals surface area contributed by atoms with Gasteiger partial charge in [0.05, 0.1) is 6.61 Å². The molecule has 77 heavy (non-hydrogen) atoms. The minimum Gasteiger partial charge on any atom is -0.479 e. The van der Waals surface area contributed by atoms with Crippen molar-refractivity contribution in [2.45, 2.75) is 327 Å². The molecule has 1 heterocycles. The number of hydrogen-bond acceptors (Lipinski definition) is 11. The third kappa shape index (κ3) is 43.2. The topological polar surface area (TPSA) is 175 Å². The number of aliphatic hydroxyl groups excluding tert-OH is 2. The molecule has 0 aliphatic carbocycles. The third-order valence-electron chi connectivity index (χ3n) is 14.4. The van der Waals surface area contributed by atoms with Crippen LogP contribution in [0.1, 0.15) is 290 Å². The molecule has 6 unspecified atom stereocenters. The van der Waals surface area contributed by atoms with E-state index in [9.17, 15) is 34.5 Å². The van der Waals surface area contributed by atoms with Gasteiger partial charge in [-0.25, -0.2) is 4.79 Å². The largest absolute Gasteiger partial charge is 0.479 e. The normalized spacial score (nSPS) is 18.3. The van der Waals surface area contributed by atoms with E-state index < -0.39 is 67.3 Å². The van der Waals surface area contributed by atoms with Crippen molar-refractivity contribution in [3.8, 4) is 0 Å². The SMILES string of the molecule is CCCCC/C=C\C/C=C\CCCCCCCCCC(=O)OC1C(OCC(COC(=O)CCCCCCC/C=C\C/C=C\CCCCC)OC(=O)CCCCCCCCCCCCCCCCC)OC(C(=O)O)C(O)C1O. The van der Waals surface area contributed by atoms with Crippen LogP contribution < -0.4 is 0 Å². The second-order valence-corrected chi connectivity index (χ2v) is 21.7. The Balaban J connectivity index is 2.67. The van der Waals surface area contributed by atoms with Crippen LogP contribution in [0.4, 0.5) is 0 Å². The molecule has 0 aromatic heterocycles. The number of aliphatic hydroxyl groups is 2. The van der Waals surface area contributed by atoms with E-state index >= 15 is 0 Å². The van der Waals surface area contributed by atoms with Gasteiger partial charge in [-0.2, -0.15) is 0 Å². The fourth-order valence-electron chi connectivity index (χ4n) is 9.49. The maximum absolute atomic E-state index is 13.2. The molecule has 1 fully saturated rings. The lowest BCUT2D eigenvalue weighted by atomic mass is 9.98. The van der Waals surface area contributed by atoms with E-state index in [1.165, 1.54) is 109 Å². The predicted molar refractivity (Wildman–Crippen MR) is 312 cm³/mol. The molecule has 0 aromatic carbocycles. The summed E-state index contributed by atoms with van der Waals surface area (Å²) in [6.45, 7) is 5.96. The summed E-state index contributed by atoms with van der Waals surface area (Å²) >= 11 is 0. The molecular formula is C65H114O12. The maximum atomic E-state index is 13.2. The van der Waals surface area contributed by atoms with E-state index in [1.807, 2.05) is 0 Å². The van der Waals surface area contributed by atoms with Gasteiger partial charge in [0.25, 0.3) is 0 Å². The molecule has 0 spiro atoms. The number of carbonyl (C=O) groups excluding carboxylic acids is 3. The van der Waals surface area contributed by atoms with Crippen LogP contribution in [0.15, 0.2) is 48.6 Å². The van der Waals surface area contributed by atoms with Gasteiger partial charge in [0, 0.05) is 19.3 Å². The van der Waals surface area contributed by atoms with Crippen LogP contribution in [-0.2, 0) is 42.9 Å². The van der Waals surface area contributed by atoms with Crippen molar-refractivity contribution in [3.63, 3.8) is 0 Å². The zero-order chi connectivity index (χ0) is 56.1. The van der Waals surface area contributed by atoms with Gasteiger partial charge in [-0.15, -0.1) is 0 Å². The van der Waals surface area contributed by atoms with Gasteiger partial charge in [-0.05, 0) is 83.5 Å². The van der Waals surface area contributed by atoms with Gasteiger partial charge in [-0.3, -0.25) is 14.4 Å². The monoisotopic (exact) mass is 1090 g/mol. The number of esters is 3. The summed E-state index contributed by atoms with van der Waals surface area (Å²) in [4.78, 5) is 51.2. The highest BCUT2D eigenvalue weighted by Crippen LogP contribution is 2.27. The van der Waals surface area contributed by atoms with Crippen molar-refractivity contribution >= 4 is 23.9 Å². The summed E-state index contributed by atoms with van der Waals surface area (Å²) in [5.74, 6) is -3.12. The average Bonchev–Trinajstić information content (AvgIpc) is 3.43. The van der Waals surface area contributed by atoms with Crippen molar-refractivity contribution < 1.29 is 58.2 Å². The summed E-state index contributed by atoms with van der Waals surface area (Å²) in [7, 11) is 0. The zero-order valence-corrected chi connectivity index (χ0v) is 49.2. The Bertz CT molecular complexity index is 1520. The van der Waals surface area contributed by atoms with Crippen molar-refractivity contribution in [2.75, 3.05) is 13.2 Å². The molecule has 6 atom stereocenters. The summed E-state index contributed by atoms with van der Waals surface area (Å²) in [5, 5.41) is 31.5. The highest BCUT2D eigenvalue weighted by atomic mass is 16.7. The van der Waals surface area contributed by atoms with Crippen molar-refractivity contribution in [2.24, 2.45) is 0 Å². The Morgan fingerprint density at radius 1 is 0.429 bits per heavy atom. The second-order valence-electron chi connectivity index (χ2n) is 21.7. The summed E-state index contributed by atoms with van der Waals surface area (Å²) in [5.41, 5.74) is 0. The Morgan fingerprint density at radius 3 is 1.19 bits per heavy atom. The predicted octanol–water partition coefficient (Wildman–Crippen LogP) is 16.6. The standard InChI is InChI=1S/C65H114O12/c1-4-7-10-13-16-19-22-25-28-29-32-35-38-41-44-47-50-53-59(68)76-63-61(70)60(69)62(64(71)72)77-65(63)74-55-56(75-58(67)52-49-46-43-40-37-34-31-27-24-21-18-15-12-9-6-3)54-73-57(66)51-48-45-42-39-36-33-30-26-23-20-17-14-11-8-5-2/h16-17,19-20,25-26,28,30,56,60-63,65,69-70H,4-15,18,21-24,27,29,31-55H2,1-3H3,(H,71,72)/b19-16-,20-17-,28-25-,30-26-. The highest BCUT2D eigenvalue weighted by molar-refractivity contribution is 5.74. The molecule has 1 aliphatic rings. The minimum absolute atomic E-state index is 0.0520. The lowest BCUT2D eigenvalue weighted by molar-refractivity contribution is -0.301. The van der Waals surface area contributed by atoms with Gasteiger partial charge in [-0.1, -0.05) is 236 Å². The summed E-state index contributed by atoms with van der Waals surface area (Å²) in [6, 6.07) is 0.